The Kier molecular flexibility index (Phi) is 9.61. The number of nitrogens with one attached hydrogen (secondary N) is 1. The molecule has 0 aliphatic carbocycles. The summed E-state index contributed by atoms with van der Waals surface area (Å²) < 4.78 is 31.3. The van der Waals surface area contributed by atoms with Crippen molar-refractivity contribution in [3.8, 4) is 5.75 Å². The summed E-state index contributed by atoms with van der Waals surface area (Å²) in [6, 6.07) is 10.4. The topological polar surface area (TPSA) is 96.0 Å². The molecular formula is C23H29Cl2N3O5S. The van der Waals surface area contributed by atoms with Crippen molar-refractivity contribution < 1.29 is 22.7 Å². The SMILES string of the molecule is COc1cccc(CN(C(=O)CN(c2cc(Cl)ccc2Cl)S(C)(=O)=O)[C@@H](C)C(=O)NC(C)C)c1. The van der Waals surface area contributed by atoms with Crippen LogP contribution < -0.4 is 14.4 Å². The number of amides is 2. The van der Waals surface area contributed by atoms with Crippen LogP contribution in [0.2, 0.25) is 10.0 Å². The maximum absolute atomic E-state index is 13.5. The smallest absolute Gasteiger partial charge is 0.244 e. The molecule has 0 fully saturated rings. The molecule has 0 heterocycles. The summed E-state index contributed by atoms with van der Waals surface area (Å²) in [4.78, 5) is 27.6. The standard InChI is InChI=1S/C23H29Cl2N3O5S/c1-15(2)26-23(30)16(3)27(13-17-7-6-8-19(11-17)33-4)22(29)14-28(34(5,31)32)21-12-18(24)9-10-20(21)25/h6-12,15-16H,13-14H2,1-5H3,(H,26,30)/t16-/m0/s1. The Morgan fingerprint density at radius 3 is 2.35 bits per heavy atom. The van der Waals surface area contributed by atoms with E-state index in [4.69, 9.17) is 27.9 Å². The van der Waals surface area contributed by atoms with E-state index in [1.54, 1.807) is 31.2 Å². The van der Waals surface area contributed by atoms with Crippen LogP contribution in [-0.2, 0) is 26.2 Å². The highest BCUT2D eigenvalue weighted by Crippen LogP contribution is 2.31. The van der Waals surface area contributed by atoms with E-state index in [0.717, 1.165) is 10.6 Å². The molecule has 0 bridgehead atoms. The minimum Gasteiger partial charge on any atom is -0.497 e. The zero-order valence-electron chi connectivity index (χ0n) is 19.7. The van der Waals surface area contributed by atoms with Gasteiger partial charge in [0.2, 0.25) is 21.8 Å². The number of hydrogen-bond acceptors (Lipinski definition) is 5. The van der Waals surface area contributed by atoms with E-state index >= 15 is 0 Å². The zero-order chi connectivity index (χ0) is 25.6. The number of nitrogens with zero attached hydrogens (tertiary/aromatic N) is 2. The van der Waals surface area contributed by atoms with Crippen LogP contribution in [0.25, 0.3) is 0 Å². The molecule has 186 valence electrons. The lowest BCUT2D eigenvalue weighted by atomic mass is 10.1. The molecule has 0 radical (unpaired) electrons. The summed E-state index contributed by atoms with van der Waals surface area (Å²) in [5.74, 6) is -0.360. The molecule has 34 heavy (non-hydrogen) atoms. The van der Waals surface area contributed by atoms with Gasteiger partial charge in [0.05, 0.1) is 24.1 Å². The van der Waals surface area contributed by atoms with Crippen molar-refractivity contribution in [2.24, 2.45) is 0 Å². The third-order valence-corrected chi connectivity index (χ3v) is 6.62. The Morgan fingerprint density at radius 2 is 1.76 bits per heavy atom. The highest BCUT2D eigenvalue weighted by molar-refractivity contribution is 7.92. The molecule has 0 aliphatic heterocycles. The Morgan fingerprint density at radius 1 is 1.09 bits per heavy atom. The van der Waals surface area contributed by atoms with Gasteiger partial charge >= 0.3 is 0 Å². The van der Waals surface area contributed by atoms with Crippen molar-refractivity contribution >= 4 is 50.7 Å². The first-order valence-corrected chi connectivity index (χ1v) is 13.1. The van der Waals surface area contributed by atoms with Crippen LogP contribution in [0.4, 0.5) is 5.69 Å². The zero-order valence-corrected chi connectivity index (χ0v) is 22.0. The first-order valence-electron chi connectivity index (χ1n) is 10.5. The van der Waals surface area contributed by atoms with E-state index in [9.17, 15) is 18.0 Å². The summed E-state index contributed by atoms with van der Waals surface area (Å²) in [5, 5.41) is 3.17. The quantitative estimate of drug-likeness (QED) is 0.506. The Labute approximate surface area is 210 Å². The molecule has 8 nitrogen and oxygen atoms in total. The largest absolute Gasteiger partial charge is 0.497 e. The van der Waals surface area contributed by atoms with Crippen LogP contribution >= 0.6 is 23.2 Å². The molecule has 2 aromatic rings. The van der Waals surface area contributed by atoms with Crippen LogP contribution in [0.15, 0.2) is 42.5 Å². The molecule has 11 heteroatoms. The van der Waals surface area contributed by atoms with E-state index in [1.807, 2.05) is 13.8 Å². The number of benzene rings is 2. The summed E-state index contributed by atoms with van der Waals surface area (Å²) in [6.07, 6.45) is 0.971. The molecule has 0 spiro atoms. The second-order valence-corrected chi connectivity index (χ2v) is 10.8. The minimum atomic E-state index is -3.91. The van der Waals surface area contributed by atoms with Gasteiger partial charge in [-0.05, 0) is 56.7 Å². The second-order valence-electron chi connectivity index (χ2n) is 8.08. The number of halogens is 2. The van der Waals surface area contributed by atoms with Crippen molar-refractivity contribution in [2.75, 3.05) is 24.2 Å². The van der Waals surface area contributed by atoms with Crippen LogP contribution in [-0.4, -0.2) is 57.1 Å². The Bertz CT molecular complexity index is 1140. The third-order valence-electron chi connectivity index (χ3n) is 4.94. The van der Waals surface area contributed by atoms with Gasteiger partial charge in [-0.2, -0.15) is 0 Å². The number of methoxy groups -OCH3 is 1. The average Bonchev–Trinajstić information content (AvgIpc) is 2.75. The van der Waals surface area contributed by atoms with Crippen molar-refractivity contribution in [1.29, 1.82) is 0 Å². The van der Waals surface area contributed by atoms with E-state index in [-0.39, 0.29) is 34.2 Å². The van der Waals surface area contributed by atoms with Gasteiger partial charge in [0.1, 0.15) is 18.3 Å². The van der Waals surface area contributed by atoms with E-state index in [2.05, 4.69) is 5.32 Å². The first kappa shape index (κ1) is 27.8. The molecule has 2 rings (SSSR count). The van der Waals surface area contributed by atoms with Gasteiger partial charge in [-0.1, -0.05) is 35.3 Å². The molecular weight excluding hydrogens is 501 g/mol. The highest BCUT2D eigenvalue weighted by Gasteiger charge is 2.31. The molecule has 2 aromatic carbocycles. The number of sulfonamides is 1. The fraction of sp³-hybridized carbons (Fsp3) is 0.391. The maximum Gasteiger partial charge on any atom is 0.244 e. The number of hydrogen-bond donors (Lipinski definition) is 1. The van der Waals surface area contributed by atoms with E-state index in [1.165, 1.54) is 30.2 Å². The molecule has 0 saturated carbocycles. The molecule has 0 aromatic heterocycles. The number of anilines is 1. The summed E-state index contributed by atoms with van der Waals surface area (Å²) >= 11 is 12.3. The predicted octanol–water partition coefficient (Wildman–Crippen LogP) is 3.71. The molecule has 0 unspecified atom stereocenters. The van der Waals surface area contributed by atoms with Gasteiger partial charge in [0.25, 0.3) is 0 Å². The number of carbonyl (C=O) groups is 2. The van der Waals surface area contributed by atoms with Crippen LogP contribution in [0.5, 0.6) is 5.75 Å². The molecule has 1 atom stereocenters. The predicted molar refractivity (Wildman–Crippen MR) is 135 cm³/mol. The molecule has 1 N–H and O–H groups in total. The number of rotatable bonds is 10. The van der Waals surface area contributed by atoms with Gasteiger partial charge < -0.3 is 15.0 Å². The van der Waals surface area contributed by atoms with Gasteiger partial charge in [-0.3, -0.25) is 13.9 Å². The van der Waals surface area contributed by atoms with Crippen LogP contribution in [0, 0.1) is 0 Å². The van der Waals surface area contributed by atoms with Crippen LogP contribution in [0.3, 0.4) is 0 Å². The number of ether oxygens (including phenoxy) is 1. The van der Waals surface area contributed by atoms with Crippen molar-refractivity contribution in [3.05, 3.63) is 58.1 Å². The summed E-state index contributed by atoms with van der Waals surface area (Å²) in [5.41, 5.74) is 0.786. The lowest BCUT2D eigenvalue weighted by Gasteiger charge is -2.32. The average molecular weight is 530 g/mol. The molecule has 0 aliphatic rings. The Hall–Kier alpha value is -2.49. The fourth-order valence-corrected chi connectivity index (χ4v) is 4.52. The third kappa shape index (κ3) is 7.51. The monoisotopic (exact) mass is 529 g/mol. The van der Waals surface area contributed by atoms with Gasteiger partial charge in [-0.15, -0.1) is 0 Å². The molecule has 0 saturated heterocycles. The first-order chi connectivity index (χ1) is 15.8. The Balaban J connectivity index is 2.45. The van der Waals surface area contributed by atoms with E-state index in [0.29, 0.717) is 11.3 Å². The maximum atomic E-state index is 13.5. The van der Waals surface area contributed by atoms with Gasteiger partial charge in [0, 0.05) is 17.6 Å². The summed E-state index contributed by atoms with van der Waals surface area (Å²) in [7, 11) is -2.38. The number of carbonyl (C=O) groups excluding carboxylic acids is 2. The van der Waals surface area contributed by atoms with Crippen molar-refractivity contribution in [3.63, 3.8) is 0 Å². The second kappa shape index (κ2) is 11.8. The lowest BCUT2D eigenvalue weighted by molar-refractivity contribution is -0.139. The van der Waals surface area contributed by atoms with Gasteiger partial charge in [0.15, 0.2) is 0 Å². The minimum absolute atomic E-state index is 0.0591. The highest BCUT2D eigenvalue weighted by atomic mass is 35.5. The summed E-state index contributed by atoms with van der Waals surface area (Å²) in [6.45, 7) is 4.70. The van der Waals surface area contributed by atoms with Crippen molar-refractivity contribution in [2.45, 2.75) is 39.4 Å². The van der Waals surface area contributed by atoms with E-state index < -0.39 is 28.5 Å². The fourth-order valence-electron chi connectivity index (χ4n) is 3.23. The van der Waals surface area contributed by atoms with Gasteiger partial charge in [-0.25, -0.2) is 8.42 Å². The molecule has 2 amide bonds. The normalized spacial score (nSPS) is 12.2. The van der Waals surface area contributed by atoms with Crippen LogP contribution in [0.1, 0.15) is 26.3 Å². The lowest BCUT2D eigenvalue weighted by Crippen LogP contribution is -2.52. The van der Waals surface area contributed by atoms with Crippen molar-refractivity contribution in [1.82, 2.24) is 10.2 Å².